The van der Waals surface area contributed by atoms with Gasteiger partial charge >= 0.3 is 0 Å². The highest BCUT2D eigenvalue weighted by Gasteiger charge is 2.39. The van der Waals surface area contributed by atoms with Crippen LogP contribution in [0.4, 0.5) is 0 Å². The third kappa shape index (κ3) is 7.92. The van der Waals surface area contributed by atoms with Crippen molar-refractivity contribution in [2.45, 2.75) is 89.5 Å². The van der Waals surface area contributed by atoms with E-state index in [1.54, 1.807) is 18.9 Å². The number of hydrogen-bond donors (Lipinski definition) is 3. The molecule has 0 bridgehead atoms. The molecule has 4 atom stereocenters. The summed E-state index contributed by atoms with van der Waals surface area (Å²) in [6.45, 7) is 4.83. The van der Waals surface area contributed by atoms with Crippen molar-refractivity contribution in [1.82, 2.24) is 20.9 Å². The number of fused-ring (bicyclic) bond motifs is 2. The van der Waals surface area contributed by atoms with Gasteiger partial charge in [-0.25, -0.2) is 0 Å². The smallest absolute Gasteiger partial charge is 0.246 e. The molecule has 1 aliphatic carbocycles. The number of nitrogens with zero attached hydrogens (tertiary/aromatic N) is 1. The third-order valence-electron chi connectivity index (χ3n) is 9.09. The fraction of sp³-hybridized carbons (Fsp3) is 0.432. The van der Waals surface area contributed by atoms with Crippen LogP contribution in [-0.4, -0.2) is 54.4 Å². The Labute approximate surface area is 266 Å². The van der Waals surface area contributed by atoms with E-state index >= 15 is 0 Å². The first-order valence-electron chi connectivity index (χ1n) is 16.3. The number of hydrogen-bond acceptors (Lipinski definition) is 5. The summed E-state index contributed by atoms with van der Waals surface area (Å²) in [5.74, 6) is 0.0691. The summed E-state index contributed by atoms with van der Waals surface area (Å²) < 4.78 is 5.82. The predicted molar refractivity (Wildman–Crippen MR) is 176 cm³/mol. The van der Waals surface area contributed by atoms with Crippen LogP contribution in [-0.2, 0) is 40.2 Å². The Bertz CT molecular complexity index is 1470. The average molecular weight is 611 g/mol. The normalized spacial score (nSPS) is 18.6. The molecule has 3 aromatic carbocycles. The molecule has 8 nitrogen and oxygen atoms in total. The maximum absolute atomic E-state index is 14.5. The number of carbonyl (C=O) groups excluding carboxylic acids is 3. The van der Waals surface area contributed by atoms with E-state index in [2.05, 4.69) is 35.0 Å². The molecule has 5 rings (SSSR count). The van der Waals surface area contributed by atoms with Crippen LogP contribution < -0.4 is 20.7 Å². The van der Waals surface area contributed by atoms with Crippen LogP contribution in [0, 0.1) is 0 Å². The van der Waals surface area contributed by atoms with Gasteiger partial charge in [-0.05, 0) is 79.6 Å². The highest BCUT2D eigenvalue weighted by molar-refractivity contribution is 5.94. The van der Waals surface area contributed by atoms with Gasteiger partial charge in [0.25, 0.3) is 0 Å². The topological polar surface area (TPSA) is 99.8 Å². The molecule has 1 aliphatic heterocycles. The van der Waals surface area contributed by atoms with E-state index in [-0.39, 0.29) is 23.8 Å². The first-order chi connectivity index (χ1) is 21.9. The van der Waals surface area contributed by atoms with E-state index < -0.39 is 18.1 Å². The minimum absolute atomic E-state index is 0.0957. The van der Waals surface area contributed by atoms with Gasteiger partial charge in [0.05, 0.1) is 18.7 Å². The molecule has 0 saturated carbocycles. The number of benzene rings is 3. The van der Waals surface area contributed by atoms with E-state index in [0.717, 1.165) is 60.1 Å². The summed E-state index contributed by atoms with van der Waals surface area (Å²) in [7, 11) is 1.71. The second-order valence-corrected chi connectivity index (χ2v) is 12.2. The standard InChI is InChI=1S/C37H46N4O4/c1-4-5-21-45-30-19-17-26(18-20-30)22-33(40-35(42)25(2)38-3)37(44)41-24-29-13-7-6-12-28(29)23-34(41)36(43)39-32-16-10-14-27-11-8-9-15-31(27)32/h6-9,11-13,15,17-20,25,32-34,38H,4-5,10,14,16,21-24H2,1-3H3,(H,39,43)(H,40,42)/t25-,32+,33-,34-/m0/s1. The Hall–Kier alpha value is -4.17. The fourth-order valence-corrected chi connectivity index (χ4v) is 6.28. The van der Waals surface area contributed by atoms with Crippen molar-refractivity contribution in [2.24, 2.45) is 0 Å². The van der Waals surface area contributed by atoms with Crippen LogP contribution in [0.1, 0.15) is 73.4 Å². The SMILES string of the molecule is CCCCOc1ccc(C[C@H](NC(=O)[C@H](C)NC)C(=O)N2Cc3ccccc3C[C@H]2C(=O)N[C@@H]2CCCc3ccccc32)cc1. The van der Waals surface area contributed by atoms with Gasteiger partial charge in [0.2, 0.25) is 17.7 Å². The molecule has 3 N–H and O–H groups in total. The first kappa shape index (κ1) is 32.2. The number of amides is 3. The molecule has 0 spiro atoms. The van der Waals surface area contributed by atoms with Crippen molar-refractivity contribution < 1.29 is 19.1 Å². The molecule has 3 amide bonds. The second-order valence-electron chi connectivity index (χ2n) is 12.2. The zero-order chi connectivity index (χ0) is 31.8. The Balaban J connectivity index is 1.40. The minimum Gasteiger partial charge on any atom is -0.494 e. The third-order valence-corrected chi connectivity index (χ3v) is 9.09. The molecule has 3 aromatic rings. The van der Waals surface area contributed by atoms with Crippen molar-refractivity contribution in [3.63, 3.8) is 0 Å². The number of rotatable bonds is 12. The maximum atomic E-state index is 14.5. The molecule has 0 aromatic heterocycles. The van der Waals surface area contributed by atoms with E-state index in [0.29, 0.717) is 26.0 Å². The maximum Gasteiger partial charge on any atom is 0.246 e. The second kappa shape index (κ2) is 15.2. The predicted octanol–water partition coefficient (Wildman–Crippen LogP) is 4.65. The Morgan fingerprint density at radius 2 is 1.67 bits per heavy atom. The minimum atomic E-state index is -0.851. The van der Waals surface area contributed by atoms with Crippen molar-refractivity contribution in [2.75, 3.05) is 13.7 Å². The Kier molecular flexibility index (Phi) is 10.9. The molecule has 0 fully saturated rings. The van der Waals surface area contributed by atoms with Gasteiger partial charge < -0.3 is 25.6 Å². The Morgan fingerprint density at radius 3 is 2.40 bits per heavy atom. The van der Waals surface area contributed by atoms with Crippen LogP contribution in [0.25, 0.3) is 0 Å². The summed E-state index contributed by atoms with van der Waals surface area (Å²) in [6.07, 6.45) is 5.60. The number of unbranched alkanes of at least 4 members (excludes halogenated alkanes) is 1. The monoisotopic (exact) mass is 610 g/mol. The van der Waals surface area contributed by atoms with Gasteiger partial charge in [0.1, 0.15) is 17.8 Å². The molecule has 8 heteroatoms. The van der Waals surface area contributed by atoms with Gasteiger partial charge in [-0.15, -0.1) is 0 Å². The van der Waals surface area contributed by atoms with Gasteiger partial charge in [-0.1, -0.05) is 74.0 Å². The number of carbonyl (C=O) groups is 3. The van der Waals surface area contributed by atoms with E-state index in [4.69, 9.17) is 4.74 Å². The molecular weight excluding hydrogens is 564 g/mol. The molecule has 0 unspecified atom stereocenters. The number of nitrogens with one attached hydrogen (secondary N) is 3. The quantitative estimate of drug-likeness (QED) is 0.260. The van der Waals surface area contributed by atoms with Crippen LogP contribution in [0.5, 0.6) is 5.75 Å². The summed E-state index contributed by atoms with van der Waals surface area (Å²) in [6, 6.07) is 21.8. The van der Waals surface area contributed by atoms with Crippen molar-refractivity contribution in [3.8, 4) is 5.75 Å². The largest absolute Gasteiger partial charge is 0.494 e. The molecule has 0 radical (unpaired) electrons. The summed E-state index contributed by atoms with van der Waals surface area (Å²) in [4.78, 5) is 43.4. The number of aryl methyl sites for hydroxylation is 1. The highest BCUT2D eigenvalue weighted by atomic mass is 16.5. The summed E-state index contributed by atoms with van der Waals surface area (Å²) in [5.41, 5.74) is 5.39. The van der Waals surface area contributed by atoms with Gasteiger partial charge in [0.15, 0.2) is 0 Å². The Morgan fingerprint density at radius 1 is 0.956 bits per heavy atom. The highest BCUT2D eigenvalue weighted by Crippen LogP contribution is 2.31. The van der Waals surface area contributed by atoms with Crippen molar-refractivity contribution >= 4 is 17.7 Å². The van der Waals surface area contributed by atoms with E-state index in [1.807, 2.05) is 60.7 Å². The lowest BCUT2D eigenvalue weighted by molar-refractivity contribution is -0.145. The number of ether oxygens (including phenoxy) is 1. The zero-order valence-corrected chi connectivity index (χ0v) is 26.7. The van der Waals surface area contributed by atoms with Gasteiger partial charge in [0, 0.05) is 19.4 Å². The van der Waals surface area contributed by atoms with Gasteiger partial charge in [-0.3, -0.25) is 14.4 Å². The van der Waals surface area contributed by atoms with Crippen LogP contribution >= 0.6 is 0 Å². The van der Waals surface area contributed by atoms with Crippen LogP contribution in [0.15, 0.2) is 72.8 Å². The fourth-order valence-electron chi connectivity index (χ4n) is 6.28. The number of likely N-dealkylation sites (N-methyl/N-ethyl adjacent to an activating group) is 1. The van der Waals surface area contributed by atoms with Gasteiger partial charge in [-0.2, -0.15) is 0 Å². The molecule has 238 valence electrons. The lowest BCUT2D eigenvalue weighted by Crippen LogP contribution is -2.59. The molecule has 0 saturated heterocycles. The van der Waals surface area contributed by atoms with E-state index in [9.17, 15) is 14.4 Å². The molecule has 45 heavy (non-hydrogen) atoms. The van der Waals surface area contributed by atoms with Crippen molar-refractivity contribution in [1.29, 1.82) is 0 Å². The zero-order valence-electron chi connectivity index (χ0n) is 26.7. The molecular formula is C37H46N4O4. The van der Waals surface area contributed by atoms with E-state index in [1.165, 1.54) is 5.56 Å². The van der Waals surface area contributed by atoms with Crippen LogP contribution in [0.2, 0.25) is 0 Å². The lowest BCUT2D eigenvalue weighted by Gasteiger charge is -2.39. The summed E-state index contributed by atoms with van der Waals surface area (Å²) in [5, 5.41) is 9.25. The lowest BCUT2D eigenvalue weighted by atomic mass is 9.87. The van der Waals surface area contributed by atoms with Crippen LogP contribution in [0.3, 0.4) is 0 Å². The average Bonchev–Trinajstić information content (AvgIpc) is 3.07. The molecule has 1 heterocycles. The first-order valence-corrected chi connectivity index (χ1v) is 16.3. The molecule has 2 aliphatic rings. The summed E-state index contributed by atoms with van der Waals surface area (Å²) >= 11 is 0. The van der Waals surface area contributed by atoms with Crippen molar-refractivity contribution in [3.05, 3.63) is 101 Å².